The molecular formula is C44H40F2N6O7. The Morgan fingerprint density at radius 1 is 0.847 bits per heavy atom. The first-order valence-electron chi connectivity index (χ1n) is 19.4. The largest absolute Gasteiger partial charge is 0.494 e. The van der Waals surface area contributed by atoms with E-state index in [1.807, 2.05) is 30.3 Å². The molecule has 2 aromatic heterocycles. The minimum absolute atomic E-state index is 0.0253. The topological polar surface area (TPSA) is 158 Å². The highest BCUT2D eigenvalue weighted by Crippen LogP contribution is 2.34. The maximum Gasteiger partial charge on any atom is 0.311 e. The lowest BCUT2D eigenvalue weighted by molar-refractivity contribution is -0.139. The number of alkyl halides is 2. The fourth-order valence-corrected chi connectivity index (χ4v) is 7.84. The van der Waals surface area contributed by atoms with Crippen LogP contribution in [0.3, 0.4) is 0 Å². The van der Waals surface area contributed by atoms with Crippen molar-refractivity contribution < 1.29 is 41.8 Å². The Bertz CT molecular complexity index is 2630. The van der Waals surface area contributed by atoms with E-state index in [4.69, 9.17) is 13.9 Å². The van der Waals surface area contributed by atoms with Gasteiger partial charge in [0.2, 0.25) is 11.8 Å². The van der Waals surface area contributed by atoms with Gasteiger partial charge in [-0.1, -0.05) is 30.3 Å². The van der Waals surface area contributed by atoms with Crippen LogP contribution < -0.4 is 14.8 Å². The molecule has 0 spiro atoms. The zero-order valence-corrected chi connectivity index (χ0v) is 32.0. The highest BCUT2D eigenvalue weighted by molar-refractivity contribution is 6.17. The summed E-state index contributed by atoms with van der Waals surface area (Å²) in [7, 11) is 0. The predicted molar refractivity (Wildman–Crippen MR) is 214 cm³/mol. The summed E-state index contributed by atoms with van der Waals surface area (Å²) in [6.07, 6.45) is 4.92. The van der Waals surface area contributed by atoms with Gasteiger partial charge in [-0.15, -0.1) is 0 Å². The number of ether oxygens (including phenoxy) is 2. The van der Waals surface area contributed by atoms with E-state index in [0.717, 1.165) is 43.8 Å². The van der Waals surface area contributed by atoms with Gasteiger partial charge >= 0.3 is 5.97 Å². The van der Waals surface area contributed by atoms with Crippen LogP contribution in [-0.2, 0) is 14.4 Å². The van der Waals surface area contributed by atoms with Crippen molar-refractivity contribution in [3.05, 3.63) is 91.0 Å². The average molecular weight is 803 g/mol. The number of hydrogen-bond donors (Lipinski definition) is 1. The molecule has 2 saturated heterocycles. The monoisotopic (exact) mass is 802 g/mol. The Hall–Kier alpha value is -6.66. The average Bonchev–Trinajstić information content (AvgIpc) is 3.87. The number of fused-ring (bicyclic) bond motifs is 6. The Morgan fingerprint density at radius 3 is 2.41 bits per heavy atom. The van der Waals surface area contributed by atoms with E-state index in [2.05, 4.69) is 21.3 Å². The van der Waals surface area contributed by atoms with Crippen LogP contribution in [0, 0.1) is 11.3 Å². The number of likely N-dealkylation sites (tertiary alicyclic amines) is 1. The van der Waals surface area contributed by atoms with Gasteiger partial charge in [0.05, 0.1) is 55.8 Å². The summed E-state index contributed by atoms with van der Waals surface area (Å²) in [5.41, 5.74) is 0.761. The second-order valence-electron chi connectivity index (χ2n) is 14.8. The molecule has 3 amide bonds. The number of halogens is 2. The quantitative estimate of drug-likeness (QED) is 0.0666. The van der Waals surface area contributed by atoms with Gasteiger partial charge in [0.1, 0.15) is 17.5 Å². The normalized spacial score (nSPS) is 16.7. The lowest BCUT2D eigenvalue weighted by Gasteiger charge is -2.34. The SMILES string of the molecule is N#C[C@@H]1CC(F)(F)CN1C(=O)CNC(=O)c1ccnc2ccc(OCCCN3CCN(C(=O)CCC(=O)Oc4ccc5ccc6c7cocc7ccc6c5c4)CC3)cc12. The number of aromatic nitrogens is 1. The van der Waals surface area contributed by atoms with E-state index in [0.29, 0.717) is 61.6 Å². The second kappa shape index (κ2) is 16.7. The van der Waals surface area contributed by atoms with Crippen LogP contribution in [0.15, 0.2) is 89.9 Å². The summed E-state index contributed by atoms with van der Waals surface area (Å²) in [5.74, 6) is -4.11. The van der Waals surface area contributed by atoms with E-state index in [9.17, 15) is 33.2 Å². The van der Waals surface area contributed by atoms with Crippen molar-refractivity contribution >= 4 is 66.9 Å². The summed E-state index contributed by atoms with van der Waals surface area (Å²) in [6, 6.07) is 20.8. The first-order chi connectivity index (χ1) is 28.5. The van der Waals surface area contributed by atoms with Crippen molar-refractivity contribution in [1.29, 1.82) is 5.26 Å². The summed E-state index contributed by atoms with van der Waals surface area (Å²) < 4.78 is 44.6. The Balaban J connectivity index is 0.762. The summed E-state index contributed by atoms with van der Waals surface area (Å²) in [4.78, 5) is 60.6. The van der Waals surface area contributed by atoms with Crippen LogP contribution in [0.25, 0.3) is 43.2 Å². The van der Waals surface area contributed by atoms with Crippen molar-refractivity contribution in [2.24, 2.45) is 0 Å². The lowest BCUT2D eigenvalue weighted by Crippen LogP contribution is -2.49. The molecule has 15 heteroatoms. The molecule has 302 valence electrons. The van der Waals surface area contributed by atoms with Crippen LogP contribution in [-0.4, -0.2) is 108 Å². The molecule has 4 heterocycles. The molecule has 1 atom stereocenters. The first kappa shape index (κ1) is 39.2. The summed E-state index contributed by atoms with van der Waals surface area (Å²) in [6.45, 7) is 2.21. The van der Waals surface area contributed by atoms with Crippen molar-refractivity contribution in [2.75, 3.05) is 52.4 Å². The Labute approximate surface area is 337 Å². The number of nitrogens with one attached hydrogen (secondary N) is 1. The van der Waals surface area contributed by atoms with Crippen molar-refractivity contribution in [2.45, 2.75) is 37.6 Å². The highest BCUT2D eigenvalue weighted by atomic mass is 19.3. The minimum Gasteiger partial charge on any atom is -0.494 e. The maximum atomic E-state index is 13.8. The van der Waals surface area contributed by atoms with Gasteiger partial charge in [-0.3, -0.25) is 29.1 Å². The molecule has 4 aromatic carbocycles. The van der Waals surface area contributed by atoms with Crippen LogP contribution in [0.4, 0.5) is 8.78 Å². The van der Waals surface area contributed by atoms with Gasteiger partial charge in [-0.2, -0.15) is 5.26 Å². The van der Waals surface area contributed by atoms with E-state index < -0.39 is 49.3 Å². The molecular weight excluding hydrogens is 763 g/mol. The fourth-order valence-electron chi connectivity index (χ4n) is 7.84. The second-order valence-corrected chi connectivity index (χ2v) is 14.8. The third-order valence-corrected chi connectivity index (χ3v) is 10.9. The molecule has 59 heavy (non-hydrogen) atoms. The number of rotatable bonds is 12. The molecule has 0 bridgehead atoms. The van der Waals surface area contributed by atoms with Crippen molar-refractivity contribution in [1.82, 2.24) is 25.0 Å². The molecule has 13 nitrogen and oxygen atoms in total. The van der Waals surface area contributed by atoms with Gasteiger partial charge in [0.25, 0.3) is 11.8 Å². The molecule has 2 aliphatic heterocycles. The number of nitrogens with zero attached hydrogens (tertiary/aromatic N) is 5. The van der Waals surface area contributed by atoms with Gasteiger partial charge in [0.15, 0.2) is 0 Å². The van der Waals surface area contributed by atoms with Crippen LogP contribution in [0.1, 0.15) is 36.0 Å². The zero-order chi connectivity index (χ0) is 41.1. The van der Waals surface area contributed by atoms with Gasteiger partial charge in [-0.25, -0.2) is 8.78 Å². The standard InChI is InChI=1S/C44H40F2N6O7/c45-44(46)22-30(23-47)52(27-44)41(54)24-49-43(56)35-12-13-48-39-9-6-31(20-37(35)39)58-19-1-14-50-15-17-51(18-16-50)40(53)10-11-42(55)59-32-5-2-28-3-7-34-33(36(28)21-32)8-4-29-25-57-26-38(29)34/h2-9,12-13,20-21,25-26,30H,1,10-11,14-19,22,24,27H2,(H,49,56)/t30-/m0/s1. The summed E-state index contributed by atoms with van der Waals surface area (Å²) >= 11 is 0. The number of pyridine rings is 1. The van der Waals surface area contributed by atoms with Gasteiger partial charge < -0.3 is 29.0 Å². The Morgan fingerprint density at radius 2 is 1.59 bits per heavy atom. The summed E-state index contributed by atoms with van der Waals surface area (Å²) in [5, 5.41) is 18.3. The number of carbonyl (C=O) groups excluding carboxylic acids is 4. The fraction of sp³-hybridized carbons (Fsp3) is 0.318. The number of hydrogen-bond acceptors (Lipinski definition) is 10. The molecule has 0 unspecified atom stereocenters. The lowest BCUT2D eigenvalue weighted by atomic mass is 9.99. The Kier molecular flexibility index (Phi) is 11.1. The number of furan rings is 1. The molecule has 0 saturated carbocycles. The zero-order valence-electron chi connectivity index (χ0n) is 32.0. The molecule has 0 aliphatic carbocycles. The van der Waals surface area contributed by atoms with E-state index in [-0.39, 0.29) is 24.3 Å². The van der Waals surface area contributed by atoms with E-state index >= 15 is 0 Å². The van der Waals surface area contributed by atoms with Crippen molar-refractivity contribution in [3.63, 3.8) is 0 Å². The molecule has 1 N–H and O–H groups in total. The number of amides is 3. The smallest absolute Gasteiger partial charge is 0.311 e. The molecule has 2 aliphatic rings. The number of esters is 1. The molecule has 8 rings (SSSR count). The number of carbonyl (C=O) groups is 4. The highest BCUT2D eigenvalue weighted by Gasteiger charge is 2.47. The number of nitriles is 1. The molecule has 2 fully saturated rings. The van der Waals surface area contributed by atoms with Crippen LogP contribution in [0.5, 0.6) is 11.5 Å². The predicted octanol–water partition coefficient (Wildman–Crippen LogP) is 6.08. The maximum absolute atomic E-state index is 13.8. The van der Waals surface area contributed by atoms with Gasteiger partial charge in [-0.05, 0) is 64.4 Å². The molecule has 0 radical (unpaired) electrons. The van der Waals surface area contributed by atoms with Crippen LogP contribution in [0.2, 0.25) is 0 Å². The minimum atomic E-state index is -3.15. The number of benzene rings is 4. The third kappa shape index (κ3) is 8.63. The van der Waals surface area contributed by atoms with Crippen LogP contribution >= 0.6 is 0 Å². The van der Waals surface area contributed by atoms with Gasteiger partial charge in [0, 0.05) is 67.9 Å². The third-order valence-electron chi connectivity index (χ3n) is 10.9. The molecule has 6 aromatic rings. The number of piperazine rings is 1. The van der Waals surface area contributed by atoms with Crippen molar-refractivity contribution in [3.8, 4) is 17.6 Å². The first-order valence-corrected chi connectivity index (χ1v) is 19.4. The van der Waals surface area contributed by atoms with E-state index in [1.165, 1.54) is 12.3 Å². The van der Waals surface area contributed by atoms with E-state index in [1.54, 1.807) is 47.8 Å².